The molecule has 0 bridgehead atoms. The quantitative estimate of drug-likeness (QED) is 0.771. The standard InChI is InChI=1S/C18H16N2O3/c1-13(14-7-3-2-4-8-14)23-15-10-12-22-17(15)18(21)20-16-9-5-6-11-19-16/h2-13H,1H3,(H,19,20,21). The first kappa shape index (κ1) is 14.8. The molecule has 2 aromatic heterocycles. The second-order valence-electron chi connectivity index (χ2n) is 4.95. The number of furan rings is 1. The third-order valence-corrected chi connectivity index (χ3v) is 3.31. The first-order chi connectivity index (χ1) is 11.2. The van der Waals surface area contributed by atoms with E-state index in [0.29, 0.717) is 11.6 Å². The number of amides is 1. The lowest BCUT2D eigenvalue weighted by Crippen LogP contribution is -2.14. The summed E-state index contributed by atoms with van der Waals surface area (Å²) in [5, 5.41) is 2.67. The van der Waals surface area contributed by atoms with E-state index in [9.17, 15) is 4.79 Å². The minimum absolute atomic E-state index is 0.124. The maximum Gasteiger partial charge on any atom is 0.296 e. The van der Waals surface area contributed by atoms with Crippen molar-refractivity contribution in [3.63, 3.8) is 0 Å². The van der Waals surface area contributed by atoms with E-state index in [1.807, 2.05) is 37.3 Å². The summed E-state index contributed by atoms with van der Waals surface area (Å²) in [6.45, 7) is 1.92. The Morgan fingerprint density at radius 1 is 1.13 bits per heavy atom. The zero-order chi connectivity index (χ0) is 16.1. The fourth-order valence-electron chi connectivity index (χ4n) is 2.15. The smallest absolute Gasteiger partial charge is 0.296 e. The van der Waals surface area contributed by atoms with Crippen molar-refractivity contribution in [2.24, 2.45) is 0 Å². The molecule has 1 amide bonds. The summed E-state index contributed by atoms with van der Waals surface area (Å²) in [6, 6.07) is 16.7. The molecule has 2 heterocycles. The molecule has 3 rings (SSSR count). The number of hydrogen-bond donors (Lipinski definition) is 1. The van der Waals surface area contributed by atoms with Crippen LogP contribution in [0.5, 0.6) is 5.75 Å². The van der Waals surface area contributed by atoms with E-state index in [1.54, 1.807) is 30.5 Å². The van der Waals surface area contributed by atoms with Crippen molar-refractivity contribution >= 4 is 11.7 Å². The van der Waals surface area contributed by atoms with Gasteiger partial charge in [0.25, 0.3) is 5.91 Å². The fraction of sp³-hybridized carbons (Fsp3) is 0.111. The number of pyridine rings is 1. The molecule has 0 aliphatic carbocycles. The van der Waals surface area contributed by atoms with Crippen LogP contribution in [0.4, 0.5) is 5.82 Å². The molecule has 0 saturated heterocycles. The van der Waals surface area contributed by atoms with Crippen molar-refractivity contribution in [1.29, 1.82) is 0 Å². The minimum Gasteiger partial charge on any atom is -0.482 e. The number of carbonyl (C=O) groups excluding carboxylic acids is 1. The van der Waals surface area contributed by atoms with E-state index in [4.69, 9.17) is 9.15 Å². The number of rotatable bonds is 5. The van der Waals surface area contributed by atoms with Gasteiger partial charge in [-0.1, -0.05) is 36.4 Å². The maximum absolute atomic E-state index is 12.3. The van der Waals surface area contributed by atoms with E-state index < -0.39 is 5.91 Å². The third-order valence-electron chi connectivity index (χ3n) is 3.31. The van der Waals surface area contributed by atoms with Crippen LogP contribution in [0, 0.1) is 0 Å². The van der Waals surface area contributed by atoms with Crippen LogP contribution in [0.1, 0.15) is 29.1 Å². The highest BCUT2D eigenvalue weighted by molar-refractivity contribution is 6.03. The molecule has 1 atom stereocenters. The molecule has 116 valence electrons. The van der Waals surface area contributed by atoms with Crippen molar-refractivity contribution in [3.05, 3.63) is 78.4 Å². The van der Waals surface area contributed by atoms with Crippen molar-refractivity contribution in [2.75, 3.05) is 5.32 Å². The maximum atomic E-state index is 12.3. The lowest BCUT2D eigenvalue weighted by atomic mass is 10.1. The van der Waals surface area contributed by atoms with Crippen LogP contribution in [-0.2, 0) is 0 Å². The molecule has 0 aliphatic rings. The fourth-order valence-corrected chi connectivity index (χ4v) is 2.15. The molecule has 1 N–H and O–H groups in total. The van der Waals surface area contributed by atoms with Crippen molar-refractivity contribution in [2.45, 2.75) is 13.0 Å². The second kappa shape index (κ2) is 6.79. The first-order valence-corrected chi connectivity index (χ1v) is 7.25. The lowest BCUT2D eigenvalue weighted by Gasteiger charge is -2.14. The molecule has 0 fully saturated rings. The Hall–Kier alpha value is -3.08. The zero-order valence-electron chi connectivity index (χ0n) is 12.6. The van der Waals surface area contributed by atoms with Crippen molar-refractivity contribution < 1.29 is 13.9 Å². The van der Waals surface area contributed by atoms with Crippen LogP contribution in [-0.4, -0.2) is 10.9 Å². The van der Waals surface area contributed by atoms with Crippen LogP contribution >= 0.6 is 0 Å². The van der Waals surface area contributed by atoms with Gasteiger partial charge in [0.1, 0.15) is 11.9 Å². The molecule has 5 nitrogen and oxygen atoms in total. The van der Waals surface area contributed by atoms with Gasteiger partial charge in [-0.3, -0.25) is 4.79 Å². The molecule has 0 spiro atoms. The zero-order valence-corrected chi connectivity index (χ0v) is 12.6. The van der Waals surface area contributed by atoms with E-state index >= 15 is 0 Å². The van der Waals surface area contributed by atoms with E-state index in [0.717, 1.165) is 5.56 Å². The van der Waals surface area contributed by atoms with Gasteiger partial charge in [-0.25, -0.2) is 4.98 Å². The highest BCUT2D eigenvalue weighted by Crippen LogP contribution is 2.26. The predicted molar refractivity (Wildman–Crippen MR) is 86.4 cm³/mol. The molecule has 1 aromatic carbocycles. The Labute approximate surface area is 133 Å². The number of nitrogens with zero attached hydrogens (tertiary/aromatic N) is 1. The SMILES string of the molecule is CC(Oc1ccoc1C(=O)Nc1ccccn1)c1ccccc1. The number of carbonyl (C=O) groups is 1. The molecule has 23 heavy (non-hydrogen) atoms. The molecule has 0 radical (unpaired) electrons. The van der Waals surface area contributed by atoms with Crippen LogP contribution < -0.4 is 10.1 Å². The van der Waals surface area contributed by atoms with Crippen LogP contribution in [0.2, 0.25) is 0 Å². The van der Waals surface area contributed by atoms with E-state index in [-0.39, 0.29) is 11.9 Å². The average Bonchev–Trinajstić information content (AvgIpc) is 3.05. The molecule has 3 aromatic rings. The van der Waals surface area contributed by atoms with Gasteiger partial charge in [0.2, 0.25) is 5.76 Å². The number of aromatic nitrogens is 1. The second-order valence-corrected chi connectivity index (χ2v) is 4.95. The Balaban J connectivity index is 1.73. The van der Waals surface area contributed by atoms with Gasteiger partial charge in [-0.15, -0.1) is 0 Å². The summed E-state index contributed by atoms with van der Waals surface area (Å²) in [6.07, 6.45) is 2.84. The normalized spacial score (nSPS) is 11.7. The molecule has 1 unspecified atom stereocenters. The van der Waals surface area contributed by atoms with Crippen molar-refractivity contribution in [1.82, 2.24) is 4.98 Å². The van der Waals surface area contributed by atoms with Gasteiger partial charge in [0, 0.05) is 12.3 Å². The number of ether oxygens (including phenoxy) is 1. The predicted octanol–water partition coefficient (Wildman–Crippen LogP) is 4.07. The number of benzene rings is 1. The summed E-state index contributed by atoms with van der Waals surface area (Å²) in [7, 11) is 0. The lowest BCUT2D eigenvalue weighted by molar-refractivity contribution is 0.0987. The Morgan fingerprint density at radius 3 is 2.65 bits per heavy atom. The molecular weight excluding hydrogens is 292 g/mol. The first-order valence-electron chi connectivity index (χ1n) is 7.25. The topological polar surface area (TPSA) is 64.4 Å². The van der Waals surface area contributed by atoms with Gasteiger partial charge in [0.05, 0.1) is 6.26 Å². The summed E-state index contributed by atoms with van der Waals surface area (Å²) < 4.78 is 11.1. The largest absolute Gasteiger partial charge is 0.482 e. The summed E-state index contributed by atoms with van der Waals surface area (Å²) >= 11 is 0. The van der Waals surface area contributed by atoms with Crippen molar-refractivity contribution in [3.8, 4) is 5.75 Å². The van der Waals surface area contributed by atoms with Gasteiger partial charge in [0.15, 0.2) is 5.75 Å². The number of hydrogen-bond acceptors (Lipinski definition) is 4. The average molecular weight is 308 g/mol. The Morgan fingerprint density at radius 2 is 1.91 bits per heavy atom. The van der Waals surface area contributed by atoms with Crippen LogP contribution in [0.15, 0.2) is 71.5 Å². The molecular formula is C18H16N2O3. The summed E-state index contributed by atoms with van der Waals surface area (Å²) in [5.41, 5.74) is 1.02. The Bertz CT molecular complexity index is 769. The number of nitrogens with one attached hydrogen (secondary N) is 1. The van der Waals surface area contributed by atoms with Gasteiger partial charge in [-0.05, 0) is 24.6 Å². The van der Waals surface area contributed by atoms with Crippen LogP contribution in [0.25, 0.3) is 0 Å². The molecule has 0 aliphatic heterocycles. The monoisotopic (exact) mass is 308 g/mol. The Kier molecular flexibility index (Phi) is 4.38. The van der Waals surface area contributed by atoms with Gasteiger partial charge < -0.3 is 14.5 Å². The minimum atomic E-state index is -0.399. The van der Waals surface area contributed by atoms with Gasteiger partial charge in [-0.2, -0.15) is 0 Å². The third kappa shape index (κ3) is 3.58. The highest BCUT2D eigenvalue weighted by atomic mass is 16.5. The van der Waals surface area contributed by atoms with E-state index in [1.165, 1.54) is 6.26 Å². The summed E-state index contributed by atoms with van der Waals surface area (Å²) in [5.74, 6) is 0.577. The van der Waals surface area contributed by atoms with E-state index in [2.05, 4.69) is 10.3 Å². The summed E-state index contributed by atoms with van der Waals surface area (Å²) in [4.78, 5) is 16.3. The van der Waals surface area contributed by atoms with Crippen LogP contribution in [0.3, 0.4) is 0 Å². The molecule has 0 saturated carbocycles. The highest BCUT2D eigenvalue weighted by Gasteiger charge is 2.19. The number of anilines is 1. The molecule has 5 heteroatoms. The van der Waals surface area contributed by atoms with Gasteiger partial charge >= 0.3 is 0 Å².